The second kappa shape index (κ2) is 7.26. The first-order valence-electron chi connectivity index (χ1n) is 9.14. The van der Waals surface area contributed by atoms with Gasteiger partial charge >= 0.3 is 0 Å². The number of hydrogen-bond donors (Lipinski definition) is 1. The lowest BCUT2D eigenvalue weighted by molar-refractivity contribution is -0.123. The van der Waals surface area contributed by atoms with Crippen LogP contribution in [0.3, 0.4) is 0 Å². The Morgan fingerprint density at radius 2 is 2.07 bits per heavy atom. The van der Waals surface area contributed by atoms with Crippen molar-refractivity contribution in [2.45, 2.75) is 51.7 Å². The largest absolute Gasteiger partial charge is 0.350 e. The molecule has 0 fully saturated rings. The molecule has 1 N–H and O–H groups in total. The van der Waals surface area contributed by atoms with Crippen molar-refractivity contribution >= 4 is 5.91 Å². The number of benzene rings is 1. The lowest BCUT2D eigenvalue weighted by Crippen LogP contribution is -2.42. The molecule has 0 aliphatic carbocycles. The third-order valence-electron chi connectivity index (χ3n) is 4.53. The molecule has 140 valence electrons. The summed E-state index contributed by atoms with van der Waals surface area (Å²) in [4.78, 5) is 18.3. The first kappa shape index (κ1) is 17.3. The second-order valence-corrected chi connectivity index (χ2v) is 7.04. The molecule has 3 aromatic rings. The normalized spacial score (nSPS) is 16.3. The van der Waals surface area contributed by atoms with Gasteiger partial charge in [0.1, 0.15) is 12.4 Å². The maximum Gasteiger partial charge on any atom is 0.243 e. The molecule has 9 heteroatoms. The minimum Gasteiger partial charge on any atom is -0.350 e. The summed E-state index contributed by atoms with van der Waals surface area (Å²) in [5.41, 5.74) is 0.871. The van der Waals surface area contributed by atoms with E-state index in [0.717, 1.165) is 30.1 Å². The molecule has 0 spiro atoms. The Morgan fingerprint density at radius 3 is 2.85 bits per heavy atom. The predicted molar refractivity (Wildman–Crippen MR) is 97.6 cm³/mol. The highest BCUT2D eigenvalue weighted by molar-refractivity contribution is 5.75. The summed E-state index contributed by atoms with van der Waals surface area (Å²) in [5, 5.41) is 19.8. The van der Waals surface area contributed by atoms with Gasteiger partial charge in [0.2, 0.25) is 11.7 Å². The second-order valence-electron chi connectivity index (χ2n) is 7.04. The number of hydrogen-bond acceptors (Lipinski definition) is 6. The standard InChI is InChI=1S/C18H22N8O/c1-12(2)17-20-15-9-8-14(10-25(15)22-17)19-16(27)11-26-23-18(21-24-26)13-6-4-3-5-7-13/h3-7,12,14H,8-11H2,1-2H3,(H,19,27). The van der Waals surface area contributed by atoms with E-state index in [0.29, 0.717) is 18.3 Å². The van der Waals surface area contributed by atoms with Crippen LogP contribution < -0.4 is 5.32 Å². The average Bonchev–Trinajstić information content (AvgIpc) is 3.29. The number of tetrazole rings is 1. The van der Waals surface area contributed by atoms with Crippen molar-refractivity contribution in [3.8, 4) is 11.4 Å². The first-order chi connectivity index (χ1) is 13.1. The van der Waals surface area contributed by atoms with E-state index in [-0.39, 0.29) is 18.5 Å². The summed E-state index contributed by atoms with van der Waals surface area (Å²) in [6, 6.07) is 9.60. The third-order valence-corrected chi connectivity index (χ3v) is 4.53. The lowest BCUT2D eigenvalue weighted by Gasteiger charge is -2.23. The van der Waals surface area contributed by atoms with E-state index >= 15 is 0 Å². The van der Waals surface area contributed by atoms with E-state index in [1.165, 1.54) is 4.80 Å². The minimum absolute atomic E-state index is 0.0313. The Hall–Kier alpha value is -3.10. The van der Waals surface area contributed by atoms with E-state index in [2.05, 4.69) is 44.7 Å². The number of carbonyl (C=O) groups excluding carboxylic acids is 1. The molecule has 1 amide bonds. The van der Waals surface area contributed by atoms with Crippen molar-refractivity contribution in [2.75, 3.05) is 0 Å². The molecule has 3 heterocycles. The van der Waals surface area contributed by atoms with Crippen LogP contribution in [0.25, 0.3) is 11.4 Å². The molecule has 9 nitrogen and oxygen atoms in total. The highest BCUT2D eigenvalue weighted by Crippen LogP contribution is 2.17. The van der Waals surface area contributed by atoms with Crippen LogP contribution in [0.4, 0.5) is 0 Å². The van der Waals surface area contributed by atoms with Crippen LogP contribution in [0.2, 0.25) is 0 Å². The molecular formula is C18H22N8O. The molecule has 27 heavy (non-hydrogen) atoms. The van der Waals surface area contributed by atoms with Crippen LogP contribution in [0.15, 0.2) is 30.3 Å². The quantitative estimate of drug-likeness (QED) is 0.727. The Morgan fingerprint density at radius 1 is 1.26 bits per heavy atom. The molecule has 0 radical (unpaired) electrons. The molecule has 1 unspecified atom stereocenters. The Balaban J connectivity index is 1.35. The molecule has 4 rings (SSSR count). The fourth-order valence-electron chi connectivity index (χ4n) is 3.11. The number of amides is 1. The maximum atomic E-state index is 12.4. The smallest absolute Gasteiger partial charge is 0.243 e. The SMILES string of the molecule is CC(C)c1nc2n(n1)CC(NC(=O)Cn1nnc(-c3ccccc3)n1)CC2. The Labute approximate surface area is 156 Å². The molecule has 1 aliphatic rings. The van der Waals surface area contributed by atoms with Gasteiger partial charge in [-0.05, 0) is 11.6 Å². The topological polar surface area (TPSA) is 103 Å². The van der Waals surface area contributed by atoms with Gasteiger partial charge in [0.25, 0.3) is 0 Å². The van der Waals surface area contributed by atoms with Crippen molar-refractivity contribution in [1.82, 2.24) is 40.3 Å². The predicted octanol–water partition coefficient (Wildman–Crippen LogP) is 1.19. The minimum atomic E-state index is -0.135. The van der Waals surface area contributed by atoms with E-state index in [1.807, 2.05) is 35.0 Å². The van der Waals surface area contributed by atoms with Gasteiger partial charge in [0, 0.05) is 23.9 Å². The van der Waals surface area contributed by atoms with Gasteiger partial charge < -0.3 is 5.32 Å². The molecule has 0 saturated heterocycles. The van der Waals surface area contributed by atoms with Crippen molar-refractivity contribution in [1.29, 1.82) is 0 Å². The number of rotatable bonds is 5. The molecule has 0 bridgehead atoms. The number of aryl methyl sites for hydroxylation is 1. The zero-order valence-electron chi connectivity index (χ0n) is 15.4. The zero-order chi connectivity index (χ0) is 18.8. The van der Waals surface area contributed by atoms with Gasteiger partial charge in [-0.1, -0.05) is 44.2 Å². The van der Waals surface area contributed by atoms with Crippen LogP contribution in [0, 0.1) is 0 Å². The molecule has 1 atom stereocenters. The summed E-state index contributed by atoms with van der Waals surface area (Å²) in [5.74, 6) is 2.53. The number of nitrogens with zero attached hydrogens (tertiary/aromatic N) is 7. The number of carbonyl (C=O) groups is 1. The Kier molecular flexibility index (Phi) is 4.66. The van der Waals surface area contributed by atoms with Crippen molar-refractivity contribution in [3.63, 3.8) is 0 Å². The summed E-state index contributed by atoms with van der Waals surface area (Å²) < 4.78 is 1.91. The number of aromatic nitrogens is 7. The highest BCUT2D eigenvalue weighted by Gasteiger charge is 2.24. The zero-order valence-corrected chi connectivity index (χ0v) is 15.4. The van der Waals surface area contributed by atoms with Gasteiger partial charge in [-0.3, -0.25) is 4.79 Å². The lowest BCUT2D eigenvalue weighted by atomic mass is 10.1. The Bertz CT molecular complexity index is 930. The molecular weight excluding hydrogens is 344 g/mol. The number of nitrogens with one attached hydrogen (secondary N) is 1. The summed E-state index contributed by atoms with van der Waals surface area (Å²) in [6.45, 7) is 4.84. The summed E-state index contributed by atoms with van der Waals surface area (Å²) in [7, 11) is 0. The first-order valence-corrected chi connectivity index (χ1v) is 9.14. The fourth-order valence-corrected chi connectivity index (χ4v) is 3.11. The van der Waals surface area contributed by atoms with Gasteiger partial charge in [0.05, 0.1) is 6.54 Å². The van der Waals surface area contributed by atoms with Crippen LogP contribution >= 0.6 is 0 Å². The van der Waals surface area contributed by atoms with Crippen molar-refractivity contribution in [3.05, 3.63) is 42.0 Å². The van der Waals surface area contributed by atoms with E-state index in [1.54, 1.807) is 0 Å². The van der Waals surface area contributed by atoms with Crippen LogP contribution in [0.5, 0.6) is 0 Å². The van der Waals surface area contributed by atoms with Crippen LogP contribution in [0.1, 0.15) is 37.8 Å². The molecule has 1 aromatic carbocycles. The van der Waals surface area contributed by atoms with Crippen LogP contribution in [-0.4, -0.2) is 46.9 Å². The highest BCUT2D eigenvalue weighted by atomic mass is 16.2. The molecule has 1 aliphatic heterocycles. The number of fused-ring (bicyclic) bond motifs is 1. The summed E-state index contributed by atoms with van der Waals surface area (Å²) >= 11 is 0. The third kappa shape index (κ3) is 3.86. The van der Waals surface area contributed by atoms with Gasteiger partial charge in [0.15, 0.2) is 5.82 Å². The van der Waals surface area contributed by atoms with Crippen molar-refractivity contribution < 1.29 is 4.79 Å². The molecule has 2 aromatic heterocycles. The van der Waals surface area contributed by atoms with E-state index < -0.39 is 0 Å². The van der Waals surface area contributed by atoms with Gasteiger partial charge in [-0.2, -0.15) is 9.90 Å². The maximum absolute atomic E-state index is 12.4. The van der Waals surface area contributed by atoms with Crippen molar-refractivity contribution in [2.24, 2.45) is 0 Å². The van der Waals surface area contributed by atoms with E-state index in [9.17, 15) is 4.79 Å². The van der Waals surface area contributed by atoms with E-state index in [4.69, 9.17) is 0 Å². The monoisotopic (exact) mass is 366 g/mol. The molecule has 0 saturated carbocycles. The van der Waals surface area contributed by atoms with Crippen LogP contribution in [-0.2, 0) is 24.3 Å². The average molecular weight is 366 g/mol. The summed E-state index contributed by atoms with van der Waals surface area (Å²) in [6.07, 6.45) is 1.66. The van der Waals surface area contributed by atoms with Gasteiger partial charge in [-0.25, -0.2) is 9.67 Å². The van der Waals surface area contributed by atoms with Gasteiger partial charge in [-0.15, -0.1) is 10.2 Å². The fraction of sp³-hybridized carbons (Fsp3) is 0.444.